The number of thioether (sulfide) groups is 1. The van der Waals surface area contributed by atoms with E-state index in [0.717, 1.165) is 10.8 Å². The van der Waals surface area contributed by atoms with Crippen LogP contribution in [0.25, 0.3) is 0 Å². The molecule has 15 heavy (non-hydrogen) atoms. The Kier molecular flexibility index (Phi) is 2.38. The molecule has 0 spiro atoms. The van der Waals surface area contributed by atoms with E-state index >= 15 is 0 Å². The van der Waals surface area contributed by atoms with Crippen LogP contribution in [0.1, 0.15) is 19.4 Å². The fourth-order valence-corrected chi connectivity index (χ4v) is 2.62. The maximum Gasteiger partial charge on any atom is 0.129 e. The van der Waals surface area contributed by atoms with Gasteiger partial charge in [-0.1, -0.05) is 0 Å². The number of hydrogen-bond acceptors (Lipinski definition) is 4. The molecule has 0 radical (unpaired) electrons. The minimum atomic E-state index is -0.0652. The van der Waals surface area contributed by atoms with Crippen LogP contribution in [0.2, 0.25) is 0 Å². The van der Waals surface area contributed by atoms with Crippen molar-refractivity contribution in [2.24, 2.45) is 4.99 Å². The lowest BCUT2D eigenvalue weighted by Crippen LogP contribution is -2.15. The maximum atomic E-state index is 9.67. The fourth-order valence-electron chi connectivity index (χ4n) is 1.42. The highest BCUT2D eigenvalue weighted by molar-refractivity contribution is 8.14. The molecule has 1 heterocycles. The van der Waals surface area contributed by atoms with Crippen LogP contribution < -0.4 is 0 Å². The second kappa shape index (κ2) is 3.45. The van der Waals surface area contributed by atoms with E-state index in [2.05, 4.69) is 18.8 Å². The summed E-state index contributed by atoms with van der Waals surface area (Å²) in [6.45, 7) is 4.12. The van der Waals surface area contributed by atoms with E-state index in [-0.39, 0.29) is 17.0 Å². The number of hydrogen-bond donors (Lipinski definition) is 2. The van der Waals surface area contributed by atoms with E-state index < -0.39 is 0 Å². The van der Waals surface area contributed by atoms with Crippen molar-refractivity contribution in [3.8, 4) is 11.5 Å². The minimum absolute atomic E-state index is 0.0652. The van der Waals surface area contributed by atoms with Gasteiger partial charge in [0.15, 0.2) is 0 Å². The van der Waals surface area contributed by atoms with Crippen LogP contribution in [0, 0.1) is 0 Å². The maximum absolute atomic E-state index is 9.67. The Hall–Kier alpha value is -1.16. The number of benzene rings is 1. The van der Waals surface area contributed by atoms with Gasteiger partial charge in [0.1, 0.15) is 16.5 Å². The molecule has 0 unspecified atom stereocenters. The van der Waals surface area contributed by atoms with Crippen LogP contribution in [0.3, 0.4) is 0 Å². The van der Waals surface area contributed by atoms with Gasteiger partial charge in [0.05, 0.1) is 5.54 Å². The predicted octanol–water partition coefficient (Wildman–Crippen LogP) is 2.37. The zero-order valence-corrected chi connectivity index (χ0v) is 9.51. The molecule has 0 amide bonds. The summed E-state index contributed by atoms with van der Waals surface area (Å²) in [7, 11) is 0. The SMILES string of the molecule is CC1(C)CSC(c2ccc(O)cc2O)=N1. The summed E-state index contributed by atoms with van der Waals surface area (Å²) in [6, 6.07) is 4.59. The first kappa shape index (κ1) is 10.4. The monoisotopic (exact) mass is 223 g/mol. The van der Waals surface area contributed by atoms with E-state index in [9.17, 15) is 10.2 Å². The smallest absolute Gasteiger partial charge is 0.129 e. The van der Waals surface area contributed by atoms with Gasteiger partial charge in [0, 0.05) is 17.4 Å². The third kappa shape index (κ3) is 2.09. The van der Waals surface area contributed by atoms with Gasteiger partial charge in [0.2, 0.25) is 0 Å². The second-order valence-corrected chi connectivity index (χ2v) is 5.18. The van der Waals surface area contributed by atoms with E-state index in [0.29, 0.717) is 5.56 Å². The summed E-state index contributed by atoms with van der Waals surface area (Å²) in [5, 5.41) is 19.7. The third-order valence-electron chi connectivity index (χ3n) is 2.18. The predicted molar refractivity (Wildman–Crippen MR) is 62.8 cm³/mol. The van der Waals surface area contributed by atoms with E-state index in [1.54, 1.807) is 23.9 Å². The second-order valence-electron chi connectivity index (χ2n) is 4.22. The van der Waals surface area contributed by atoms with Gasteiger partial charge in [-0.2, -0.15) is 0 Å². The molecule has 2 N–H and O–H groups in total. The van der Waals surface area contributed by atoms with Crippen LogP contribution in [-0.2, 0) is 0 Å². The molecule has 0 saturated carbocycles. The van der Waals surface area contributed by atoms with Crippen LogP contribution in [0.5, 0.6) is 11.5 Å². The number of phenolic OH excluding ortho intramolecular Hbond substituents is 2. The quantitative estimate of drug-likeness (QED) is 0.768. The summed E-state index contributed by atoms with van der Waals surface area (Å²) in [6.07, 6.45) is 0. The van der Waals surface area contributed by atoms with Crippen molar-refractivity contribution in [3.63, 3.8) is 0 Å². The Morgan fingerprint density at radius 3 is 2.60 bits per heavy atom. The molecule has 0 aromatic heterocycles. The highest BCUT2D eigenvalue weighted by Gasteiger charge is 2.27. The summed E-state index contributed by atoms with van der Waals surface area (Å²) in [5.41, 5.74) is 0.632. The highest BCUT2D eigenvalue weighted by Crippen LogP contribution is 2.34. The van der Waals surface area contributed by atoms with Crippen LogP contribution in [-0.4, -0.2) is 26.5 Å². The molecule has 2 rings (SSSR count). The number of rotatable bonds is 1. The molecule has 1 aliphatic rings. The lowest BCUT2D eigenvalue weighted by molar-refractivity contribution is 0.450. The number of aromatic hydroxyl groups is 2. The molecule has 0 atom stereocenters. The molecule has 0 fully saturated rings. The molecule has 80 valence electrons. The normalized spacial score (nSPS) is 18.9. The van der Waals surface area contributed by atoms with E-state index in [4.69, 9.17) is 0 Å². The molecular weight excluding hydrogens is 210 g/mol. The van der Waals surface area contributed by atoms with Crippen molar-refractivity contribution >= 4 is 16.8 Å². The zero-order valence-electron chi connectivity index (χ0n) is 8.69. The van der Waals surface area contributed by atoms with Gasteiger partial charge in [-0.25, -0.2) is 0 Å². The van der Waals surface area contributed by atoms with Gasteiger partial charge in [-0.15, -0.1) is 11.8 Å². The molecule has 0 aliphatic carbocycles. The first-order valence-electron chi connectivity index (χ1n) is 4.73. The number of phenols is 2. The van der Waals surface area contributed by atoms with Crippen molar-refractivity contribution in [3.05, 3.63) is 23.8 Å². The summed E-state index contributed by atoms with van der Waals surface area (Å²) in [4.78, 5) is 4.52. The Bertz CT molecular complexity index is 427. The topological polar surface area (TPSA) is 52.8 Å². The van der Waals surface area contributed by atoms with Gasteiger partial charge in [0.25, 0.3) is 0 Å². The molecule has 0 bridgehead atoms. The van der Waals surface area contributed by atoms with Gasteiger partial charge >= 0.3 is 0 Å². The standard InChI is InChI=1S/C11H13NO2S/c1-11(2)6-15-10(12-11)8-4-3-7(13)5-9(8)14/h3-5,13-14H,6H2,1-2H3. The van der Waals surface area contributed by atoms with Crippen LogP contribution in [0.15, 0.2) is 23.2 Å². The summed E-state index contributed by atoms with van der Waals surface area (Å²) >= 11 is 1.63. The van der Waals surface area contributed by atoms with E-state index in [1.165, 1.54) is 6.07 Å². The molecular formula is C11H13NO2S. The minimum Gasteiger partial charge on any atom is -0.508 e. The number of nitrogens with zero attached hydrogens (tertiary/aromatic N) is 1. The lowest BCUT2D eigenvalue weighted by Gasteiger charge is -2.09. The van der Waals surface area contributed by atoms with E-state index in [1.807, 2.05) is 0 Å². The Morgan fingerprint density at radius 1 is 1.33 bits per heavy atom. The highest BCUT2D eigenvalue weighted by atomic mass is 32.2. The van der Waals surface area contributed by atoms with Gasteiger partial charge in [-0.3, -0.25) is 4.99 Å². The van der Waals surface area contributed by atoms with Crippen molar-refractivity contribution in [1.29, 1.82) is 0 Å². The van der Waals surface area contributed by atoms with Crippen molar-refractivity contribution < 1.29 is 10.2 Å². The lowest BCUT2D eigenvalue weighted by atomic mass is 10.1. The summed E-state index contributed by atoms with van der Waals surface area (Å²) < 4.78 is 0. The molecule has 1 aromatic rings. The van der Waals surface area contributed by atoms with Gasteiger partial charge < -0.3 is 10.2 Å². The Balaban J connectivity index is 2.39. The van der Waals surface area contributed by atoms with Gasteiger partial charge in [-0.05, 0) is 26.0 Å². The molecule has 3 nitrogen and oxygen atoms in total. The average Bonchev–Trinajstić information content (AvgIpc) is 2.46. The molecule has 0 saturated heterocycles. The fraction of sp³-hybridized carbons (Fsp3) is 0.364. The zero-order chi connectivity index (χ0) is 11.1. The molecule has 1 aromatic carbocycles. The summed E-state index contributed by atoms with van der Waals surface area (Å²) in [5.74, 6) is 1.07. The van der Waals surface area contributed by atoms with Crippen molar-refractivity contribution in [2.75, 3.05) is 5.75 Å². The third-order valence-corrected chi connectivity index (χ3v) is 3.61. The first-order chi connectivity index (χ1) is 6.98. The molecule has 1 aliphatic heterocycles. The number of aliphatic imine (C=N–C) groups is 1. The largest absolute Gasteiger partial charge is 0.508 e. The molecule has 4 heteroatoms. The first-order valence-corrected chi connectivity index (χ1v) is 5.71. The van der Waals surface area contributed by atoms with Crippen LogP contribution in [0.4, 0.5) is 0 Å². The van der Waals surface area contributed by atoms with Crippen molar-refractivity contribution in [2.45, 2.75) is 19.4 Å². The average molecular weight is 223 g/mol. The Labute approximate surface area is 92.9 Å². The Morgan fingerprint density at radius 2 is 2.07 bits per heavy atom. The van der Waals surface area contributed by atoms with Crippen LogP contribution >= 0.6 is 11.8 Å². The van der Waals surface area contributed by atoms with Crippen molar-refractivity contribution in [1.82, 2.24) is 0 Å².